The van der Waals surface area contributed by atoms with Gasteiger partial charge in [0, 0.05) is 5.69 Å². The topological polar surface area (TPSA) is 101 Å². The van der Waals surface area contributed by atoms with Crippen molar-refractivity contribution in [1.29, 1.82) is 0 Å². The van der Waals surface area contributed by atoms with E-state index in [4.69, 9.17) is 5.73 Å². The monoisotopic (exact) mass is 281 g/mol. The van der Waals surface area contributed by atoms with Gasteiger partial charge in [-0.05, 0) is 27.6 Å². The van der Waals surface area contributed by atoms with Gasteiger partial charge in [0.1, 0.15) is 0 Å². The van der Waals surface area contributed by atoms with Gasteiger partial charge in [-0.2, -0.15) is 0 Å². The highest BCUT2D eigenvalue weighted by atomic mass is 16.4. The fourth-order valence-corrected chi connectivity index (χ4v) is 2.63. The number of anilines is 1. The fourth-order valence-electron chi connectivity index (χ4n) is 2.63. The number of hydrogen-bond donors (Lipinski definition) is 3. The molecule has 0 unspecified atom stereocenters. The Kier molecular flexibility index (Phi) is 2.76. The summed E-state index contributed by atoms with van der Waals surface area (Å²) in [7, 11) is 0. The quantitative estimate of drug-likeness (QED) is 0.495. The second-order valence-corrected chi connectivity index (χ2v) is 4.71. The van der Waals surface area contributed by atoms with E-state index >= 15 is 0 Å². The molecule has 3 rings (SSSR count). The third-order valence-electron chi connectivity index (χ3n) is 3.51. The Balaban J connectivity index is 2.59. The van der Waals surface area contributed by atoms with Crippen LogP contribution in [0.1, 0.15) is 20.7 Å². The van der Waals surface area contributed by atoms with E-state index in [0.29, 0.717) is 10.8 Å². The van der Waals surface area contributed by atoms with Crippen molar-refractivity contribution in [2.45, 2.75) is 0 Å². The van der Waals surface area contributed by atoms with Crippen molar-refractivity contribution in [3.8, 4) is 0 Å². The predicted octanol–water partition coefficient (Wildman–Crippen LogP) is 2.97. The molecule has 0 saturated heterocycles. The summed E-state index contributed by atoms with van der Waals surface area (Å²) in [5.74, 6) is -2.65. The lowest BCUT2D eigenvalue weighted by Crippen LogP contribution is -2.12. The Hall–Kier alpha value is -3.08. The van der Waals surface area contributed by atoms with Crippen molar-refractivity contribution >= 4 is 39.2 Å². The molecule has 3 aromatic carbocycles. The van der Waals surface area contributed by atoms with E-state index in [0.717, 1.165) is 10.8 Å². The van der Waals surface area contributed by atoms with E-state index in [-0.39, 0.29) is 16.8 Å². The van der Waals surface area contributed by atoms with Gasteiger partial charge in [-0.15, -0.1) is 0 Å². The van der Waals surface area contributed by atoms with E-state index in [1.165, 1.54) is 6.07 Å². The average molecular weight is 281 g/mol. The number of fused-ring (bicyclic) bond motifs is 3. The Bertz CT molecular complexity index is 915. The summed E-state index contributed by atoms with van der Waals surface area (Å²) in [6.45, 7) is 0. The van der Waals surface area contributed by atoms with Crippen molar-refractivity contribution < 1.29 is 19.8 Å². The van der Waals surface area contributed by atoms with Crippen LogP contribution < -0.4 is 5.73 Å². The lowest BCUT2D eigenvalue weighted by atomic mass is 9.93. The van der Waals surface area contributed by atoms with Gasteiger partial charge in [-0.3, -0.25) is 0 Å². The first-order valence-electron chi connectivity index (χ1n) is 6.21. The first-order chi connectivity index (χ1) is 10.0. The van der Waals surface area contributed by atoms with Crippen LogP contribution >= 0.6 is 0 Å². The number of carbonyl (C=O) groups is 2. The van der Waals surface area contributed by atoms with Gasteiger partial charge < -0.3 is 15.9 Å². The van der Waals surface area contributed by atoms with Crippen molar-refractivity contribution in [3.63, 3.8) is 0 Å². The van der Waals surface area contributed by atoms with Crippen molar-refractivity contribution in [3.05, 3.63) is 53.6 Å². The molecule has 0 fully saturated rings. The Morgan fingerprint density at radius 3 is 2.14 bits per heavy atom. The minimum Gasteiger partial charge on any atom is -0.478 e. The maximum absolute atomic E-state index is 11.5. The summed E-state index contributed by atoms with van der Waals surface area (Å²) in [5.41, 5.74) is 5.08. The molecule has 0 radical (unpaired) electrons. The highest BCUT2D eigenvalue weighted by molar-refractivity contribution is 6.20. The standard InChI is InChI=1S/C16H11NO4/c17-12-7-11-9-4-2-1-3-8(9)5-6-10(11)13(15(18)19)14(12)16(20)21/h1-7H,17H2,(H,18,19)(H,20,21). The molecule has 0 aromatic heterocycles. The van der Waals surface area contributed by atoms with Crippen LogP contribution in [0.4, 0.5) is 5.69 Å². The van der Waals surface area contributed by atoms with Gasteiger partial charge in [-0.25, -0.2) is 9.59 Å². The van der Waals surface area contributed by atoms with Crippen LogP contribution in [-0.2, 0) is 0 Å². The number of carboxylic acid groups (broad SMARTS) is 2. The van der Waals surface area contributed by atoms with E-state index in [1.54, 1.807) is 12.1 Å². The minimum atomic E-state index is -1.35. The van der Waals surface area contributed by atoms with Crippen LogP contribution in [0.2, 0.25) is 0 Å². The van der Waals surface area contributed by atoms with Gasteiger partial charge in [0.15, 0.2) is 0 Å². The average Bonchev–Trinajstić information content (AvgIpc) is 2.45. The van der Waals surface area contributed by atoms with Crippen LogP contribution in [-0.4, -0.2) is 22.2 Å². The van der Waals surface area contributed by atoms with Gasteiger partial charge >= 0.3 is 11.9 Å². The minimum absolute atomic E-state index is 0.0521. The molecule has 4 N–H and O–H groups in total. The normalized spacial score (nSPS) is 10.9. The second kappa shape index (κ2) is 4.49. The number of benzene rings is 3. The molecule has 0 aliphatic rings. The molecule has 0 heterocycles. The summed E-state index contributed by atoms with van der Waals surface area (Å²) < 4.78 is 0. The maximum atomic E-state index is 11.5. The van der Waals surface area contributed by atoms with Crippen LogP contribution in [0, 0.1) is 0 Å². The van der Waals surface area contributed by atoms with Gasteiger partial charge in [0.2, 0.25) is 0 Å². The zero-order valence-electron chi connectivity index (χ0n) is 10.8. The first-order valence-corrected chi connectivity index (χ1v) is 6.21. The van der Waals surface area contributed by atoms with Crippen LogP contribution in [0.15, 0.2) is 42.5 Å². The lowest BCUT2D eigenvalue weighted by Gasteiger charge is -2.12. The highest BCUT2D eigenvalue weighted by Crippen LogP contribution is 2.33. The second-order valence-electron chi connectivity index (χ2n) is 4.71. The fraction of sp³-hybridized carbons (Fsp3) is 0. The summed E-state index contributed by atoms with van der Waals surface area (Å²) in [6, 6.07) is 12.4. The summed E-state index contributed by atoms with van der Waals surface area (Å²) in [4.78, 5) is 22.8. The largest absolute Gasteiger partial charge is 0.478 e. The molecule has 21 heavy (non-hydrogen) atoms. The predicted molar refractivity (Wildman–Crippen MR) is 79.8 cm³/mol. The zero-order valence-corrected chi connectivity index (χ0v) is 10.8. The highest BCUT2D eigenvalue weighted by Gasteiger charge is 2.23. The number of nitrogens with two attached hydrogens (primary N) is 1. The molecule has 0 bridgehead atoms. The maximum Gasteiger partial charge on any atom is 0.338 e. The van der Waals surface area contributed by atoms with Crippen LogP contribution in [0.5, 0.6) is 0 Å². The third-order valence-corrected chi connectivity index (χ3v) is 3.51. The zero-order chi connectivity index (χ0) is 15.1. The van der Waals surface area contributed by atoms with E-state index in [2.05, 4.69) is 0 Å². The molecule has 5 nitrogen and oxygen atoms in total. The molecule has 0 amide bonds. The molecule has 3 aromatic rings. The third kappa shape index (κ3) is 1.87. The Labute approximate surface area is 119 Å². The molecule has 0 aliphatic heterocycles. The molecular weight excluding hydrogens is 270 g/mol. The van der Waals surface area contributed by atoms with Crippen molar-refractivity contribution in [2.24, 2.45) is 0 Å². The lowest BCUT2D eigenvalue weighted by molar-refractivity contribution is 0.0654. The van der Waals surface area contributed by atoms with E-state index in [1.807, 2.05) is 24.3 Å². The first kappa shape index (κ1) is 12.9. The molecule has 104 valence electrons. The van der Waals surface area contributed by atoms with E-state index < -0.39 is 11.9 Å². The van der Waals surface area contributed by atoms with E-state index in [9.17, 15) is 19.8 Å². The Morgan fingerprint density at radius 2 is 1.48 bits per heavy atom. The number of hydrogen-bond acceptors (Lipinski definition) is 3. The molecule has 0 atom stereocenters. The number of nitrogen functional groups attached to an aromatic ring is 1. The molecule has 0 aliphatic carbocycles. The summed E-state index contributed by atoms with van der Waals surface area (Å²) in [6.07, 6.45) is 0. The van der Waals surface area contributed by atoms with Crippen molar-refractivity contribution in [2.75, 3.05) is 5.73 Å². The molecular formula is C16H11NO4. The van der Waals surface area contributed by atoms with Gasteiger partial charge in [-0.1, -0.05) is 36.4 Å². The van der Waals surface area contributed by atoms with Crippen molar-refractivity contribution in [1.82, 2.24) is 0 Å². The molecule has 0 spiro atoms. The van der Waals surface area contributed by atoms with Crippen LogP contribution in [0.25, 0.3) is 21.5 Å². The number of carboxylic acids is 2. The SMILES string of the molecule is Nc1cc2c(ccc3ccccc32)c(C(=O)O)c1C(=O)O. The Morgan fingerprint density at radius 1 is 0.810 bits per heavy atom. The smallest absolute Gasteiger partial charge is 0.338 e. The van der Waals surface area contributed by atoms with Crippen LogP contribution in [0.3, 0.4) is 0 Å². The van der Waals surface area contributed by atoms with Gasteiger partial charge in [0.25, 0.3) is 0 Å². The van der Waals surface area contributed by atoms with Gasteiger partial charge in [0.05, 0.1) is 11.1 Å². The molecule has 5 heteroatoms. The number of rotatable bonds is 2. The summed E-state index contributed by atoms with van der Waals surface area (Å²) >= 11 is 0. The summed E-state index contributed by atoms with van der Waals surface area (Å²) in [5, 5.41) is 21.4. The molecule has 0 saturated carbocycles. The number of aromatic carboxylic acids is 2.